The maximum atomic E-state index is 14.7. The summed E-state index contributed by atoms with van der Waals surface area (Å²) in [6.07, 6.45) is 1.53. The summed E-state index contributed by atoms with van der Waals surface area (Å²) >= 11 is 0. The van der Waals surface area contributed by atoms with Crippen LogP contribution in [0.3, 0.4) is 0 Å². The van der Waals surface area contributed by atoms with E-state index in [-0.39, 0.29) is 24.4 Å². The molecule has 0 unspecified atom stereocenters. The van der Waals surface area contributed by atoms with E-state index in [1.807, 2.05) is 13.8 Å². The second-order valence-electron chi connectivity index (χ2n) is 9.68. The van der Waals surface area contributed by atoms with Crippen LogP contribution < -0.4 is 9.47 Å². The van der Waals surface area contributed by atoms with E-state index in [2.05, 4.69) is 34.7 Å². The molecule has 0 amide bonds. The number of hydrogen-bond donors (Lipinski definition) is 0. The monoisotopic (exact) mass is 556 g/mol. The third-order valence-corrected chi connectivity index (χ3v) is 7.93. The highest BCUT2D eigenvalue weighted by Crippen LogP contribution is 2.41. The van der Waals surface area contributed by atoms with Gasteiger partial charge in [-0.2, -0.15) is 9.67 Å². The van der Waals surface area contributed by atoms with Crippen LogP contribution in [0.5, 0.6) is 17.6 Å². The van der Waals surface area contributed by atoms with Crippen molar-refractivity contribution in [2.75, 3.05) is 13.7 Å². The fraction of sp³-hybridized carbons (Fsp3) is 0.435. The Morgan fingerprint density at radius 2 is 1.92 bits per heavy atom. The molecular formula is C23H30ClFN4O5SSi. The number of aromatic nitrogens is 4. The lowest BCUT2D eigenvalue weighted by Crippen LogP contribution is -2.22. The van der Waals surface area contributed by atoms with Crippen molar-refractivity contribution in [3.05, 3.63) is 41.8 Å². The number of methoxy groups -OCH3 is 1. The Kier molecular flexibility index (Phi) is 8.75. The van der Waals surface area contributed by atoms with Crippen molar-refractivity contribution in [3.63, 3.8) is 0 Å². The van der Waals surface area contributed by atoms with E-state index >= 15 is 0 Å². The van der Waals surface area contributed by atoms with Gasteiger partial charge in [0, 0.05) is 48.8 Å². The van der Waals surface area contributed by atoms with Crippen LogP contribution in [0.1, 0.15) is 25.3 Å². The van der Waals surface area contributed by atoms with Crippen LogP contribution in [-0.4, -0.2) is 50.0 Å². The highest BCUT2D eigenvalue weighted by atomic mass is 35.7. The Morgan fingerprint density at radius 1 is 1.19 bits per heavy atom. The summed E-state index contributed by atoms with van der Waals surface area (Å²) < 4.78 is 56.9. The van der Waals surface area contributed by atoms with E-state index in [1.54, 1.807) is 12.1 Å². The number of rotatable bonds is 11. The smallest absolute Gasteiger partial charge is 0.323 e. The summed E-state index contributed by atoms with van der Waals surface area (Å²) in [5.41, 5.74) is 1.54. The highest BCUT2D eigenvalue weighted by Gasteiger charge is 2.25. The zero-order chi connectivity index (χ0) is 26.7. The SMILES string of the molecule is COc1cc(-c2cc(F)cc(C(C)C)c2Oc2nc(S(=O)(=O)Cl)nn2COCC[Si](C)(C)C)ccn1. The van der Waals surface area contributed by atoms with Gasteiger partial charge in [-0.3, -0.25) is 0 Å². The molecule has 0 aliphatic heterocycles. The minimum Gasteiger partial charge on any atom is -0.481 e. The lowest BCUT2D eigenvalue weighted by atomic mass is 9.95. The Balaban J connectivity index is 2.08. The molecular weight excluding hydrogens is 527 g/mol. The maximum absolute atomic E-state index is 14.7. The fourth-order valence-corrected chi connectivity index (χ4v) is 4.59. The number of halogens is 2. The third kappa shape index (κ3) is 7.25. The van der Waals surface area contributed by atoms with E-state index in [9.17, 15) is 12.8 Å². The van der Waals surface area contributed by atoms with E-state index in [4.69, 9.17) is 24.9 Å². The number of pyridine rings is 1. The molecule has 0 aliphatic rings. The first-order chi connectivity index (χ1) is 16.8. The molecule has 0 saturated heterocycles. The van der Waals surface area contributed by atoms with E-state index in [1.165, 1.54) is 30.1 Å². The molecule has 3 aromatic rings. The number of ether oxygens (including phenoxy) is 3. The van der Waals surface area contributed by atoms with Gasteiger partial charge in [0.05, 0.1) is 7.11 Å². The first-order valence-electron chi connectivity index (χ1n) is 11.3. The largest absolute Gasteiger partial charge is 0.481 e. The van der Waals surface area contributed by atoms with Gasteiger partial charge in [0.1, 0.15) is 18.3 Å². The molecule has 3 rings (SSSR count). The molecule has 196 valence electrons. The quantitative estimate of drug-likeness (QED) is 0.170. The summed E-state index contributed by atoms with van der Waals surface area (Å²) in [7, 11) is 1.40. The standard InChI is InChI=1S/C23H30ClFN4O5SSi/c1-15(2)18-12-17(25)13-19(16-7-8-26-20(11-16)32-3)21(18)34-23-27-22(35(24,30)31)28-29(23)14-33-9-10-36(4,5)6/h7-8,11-13,15H,9-10,14H2,1-6H3. The molecule has 36 heavy (non-hydrogen) atoms. The minimum absolute atomic E-state index is 0.101. The zero-order valence-corrected chi connectivity index (χ0v) is 23.7. The van der Waals surface area contributed by atoms with Gasteiger partial charge >= 0.3 is 6.01 Å². The van der Waals surface area contributed by atoms with Crippen molar-refractivity contribution in [1.82, 2.24) is 19.7 Å². The van der Waals surface area contributed by atoms with Gasteiger partial charge in [0.15, 0.2) is 0 Å². The van der Waals surface area contributed by atoms with Crippen LogP contribution in [0.2, 0.25) is 25.7 Å². The second kappa shape index (κ2) is 11.2. The molecule has 0 spiro atoms. The Hall–Kier alpha value is -2.54. The predicted octanol–water partition coefficient (Wildman–Crippen LogP) is 5.64. The molecule has 1 aromatic carbocycles. The van der Waals surface area contributed by atoms with Gasteiger partial charge < -0.3 is 14.2 Å². The molecule has 2 heterocycles. The molecule has 13 heteroatoms. The van der Waals surface area contributed by atoms with Gasteiger partial charge in [-0.15, -0.1) is 5.10 Å². The fourth-order valence-electron chi connectivity index (χ4n) is 3.25. The first kappa shape index (κ1) is 28.0. The molecule has 9 nitrogen and oxygen atoms in total. The van der Waals surface area contributed by atoms with Crippen LogP contribution >= 0.6 is 10.7 Å². The summed E-state index contributed by atoms with van der Waals surface area (Å²) in [5, 5.41) is 3.36. The molecule has 0 bridgehead atoms. The first-order valence-corrected chi connectivity index (χ1v) is 17.3. The summed E-state index contributed by atoms with van der Waals surface area (Å²) in [6.45, 7) is 10.8. The van der Waals surface area contributed by atoms with Gasteiger partial charge in [0.2, 0.25) is 5.88 Å². The van der Waals surface area contributed by atoms with Crippen molar-refractivity contribution in [3.8, 4) is 28.8 Å². The summed E-state index contributed by atoms with van der Waals surface area (Å²) in [5.74, 6) is 0.0213. The van der Waals surface area contributed by atoms with Gasteiger partial charge in [-0.1, -0.05) is 33.5 Å². The van der Waals surface area contributed by atoms with Gasteiger partial charge in [-0.25, -0.2) is 17.8 Å². The summed E-state index contributed by atoms with van der Waals surface area (Å²) in [6, 6.07) is 6.77. The molecule has 0 atom stereocenters. The lowest BCUT2D eigenvalue weighted by molar-refractivity contribution is 0.0723. The normalized spacial score (nSPS) is 12.2. The van der Waals surface area contributed by atoms with Crippen LogP contribution in [0.25, 0.3) is 11.1 Å². The van der Waals surface area contributed by atoms with Crippen LogP contribution in [0, 0.1) is 5.82 Å². The molecule has 0 fully saturated rings. The predicted molar refractivity (Wildman–Crippen MR) is 138 cm³/mol. The van der Waals surface area contributed by atoms with Crippen LogP contribution in [0.15, 0.2) is 35.6 Å². The number of hydrogen-bond acceptors (Lipinski definition) is 8. The molecule has 2 aromatic heterocycles. The molecule has 0 aliphatic carbocycles. The minimum atomic E-state index is -4.24. The van der Waals surface area contributed by atoms with Crippen molar-refractivity contribution in [2.45, 2.75) is 57.3 Å². The number of benzene rings is 1. The third-order valence-electron chi connectivity index (χ3n) is 5.20. The molecule has 0 saturated carbocycles. The molecule has 0 radical (unpaired) electrons. The van der Waals surface area contributed by atoms with E-state index in [0.29, 0.717) is 29.2 Å². The Morgan fingerprint density at radius 3 is 2.53 bits per heavy atom. The molecule has 0 N–H and O–H groups in total. The zero-order valence-electron chi connectivity index (χ0n) is 21.1. The second-order valence-corrected chi connectivity index (χ2v) is 17.8. The van der Waals surface area contributed by atoms with Crippen molar-refractivity contribution >= 4 is 27.8 Å². The van der Waals surface area contributed by atoms with Crippen molar-refractivity contribution in [1.29, 1.82) is 0 Å². The highest BCUT2D eigenvalue weighted by molar-refractivity contribution is 8.13. The topological polar surface area (TPSA) is 105 Å². The lowest BCUT2D eigenvalue weighted by Gasteiger charge is -2.19. The van der Waals surface area contributed by atoms with E-state index in [0.717, 1.165) is 6.04 Å². The van der Waals surface area contributed by atoms with Crippen LogP contribution in [0.4, 0.5) is 4.39 Å². The van der Waals surface area contributed by atoms with Crippen molar-refractivity contribution < 1.29 is 27.0 Å². The summed E-state index contributed by atoms with van der Waals surface area (Å²) in [4.78, 5) is 8.11. The average Bonchev–Trinajstić information content (AvgIpc) is 3.20. The van der Waals surface area contributed by atoms with Gasteiger partial charge in [0.25, 0.3) is 14.2 Å². The van der Waals surface area contributed by atoms with Crippen LogP contribution in [-0.2, 0) is 20.5 Å². The Bertz CT molecular complexity index is 1330. The van der Waals surface area contributed by atoms with Gasteiger partial charge in [-0.05, 0) is 35.7 Å². The average molecular weight is 557 g/mol. The Labute approximate surface area is 216 Å². The maximum Gasteiger partial charge on any atom is 0.323 e. The van der Waals surface area contributed by atoms with Crippen molar-refractivity contribution in [2.24, 2.45) is 0 Å². The number of nitrogens with zero attached hydrogens (tertiary/aromatic N) is 4. The van der Waals surface area contributed by atoms with E-state index < -0.39 is 28.1 Å².